The Morgan fingerprint density at radius 1 is 1.40 bits per heavy atom. The van der Waals surface area contributed by atoms with Crippen molar-refractivity contribution in [1.29, 1.82) is 0 Å². The largest absolute Gasteiger partial charge is 0.240 e. The van der Waals surface area contributed by atoms with E-state index in [0.29, 0.717) is 5.75 Å². The fraction of sp³-hybridized carbons (Fsp3) is 0.333. The number of rotatable bonds is 4. The van der Waals surface area contributed by atoms with E-state index in [2.05, 4.69) is 33.3 Å². The molecule has 0 aromatic heterocycles. The molecular weight excluding hydrogens is 298 g/mol. The number of benzene rings is 1. The molecule has 0 saturated carbocycles. The Bertz CT molecular complexity index is 416. The minimum Gasteiger partial charge on any atom is -0.208 e. The van der Waals surface area contributed by atoms with Crippen molar-refractivity contribution < 1.29 is 8.42 Å². The molecule has 1 unspecified atom stereocenters. The molecule has 1 N–H and O–H groups in total. The van der Waals surface area contributed by atoms with Crippen LogP contribution < -0.4 is 4.72 Å². The molecule has 3 nitrogen and oxygen atoms in total. The lowest BCUT2D eigenvalue weighted by Gasteiger charge is -2.11. The van der Waals surface area contributed by atoms with Crippen LogP contribution in [0.2, 0.25) is 0 Å². The van der Waals surface area contributed by atoms with Gasteiger partial charge in [0.1, 0.15) is 0 Å². The third-order valence-electron chi connectivity index (χ3n) is 1.75. The monoisotopic (exact) mass is 309 g/mol. The lowest BCUT2D eigenvalue weighted by Crippen LogP contribution is -2.33. The molecule has 1 aromatic carbocycles. The zero-order valence-electron chi connectivity index (χ0n) is 8.14. The van der Waals surface area contributed by atoms with Crippen LogP contribution in [0, 0.1) is 0 Å². The van der Waals surface area contributed by atoms with Crippen LogP contribution in [0.15, 0.2) is 33.6 Å². The summed E-state index contributed by atoms with van der Waals surface area (Å²) in [5, 5.41) is 0. The summed E-state index contributed by atoms with van der Waals surface area (Å²) in [6.07, 6.45) is 0. The summed E-state index contributed by atoms with van der Waals surface area (Å²) in [5.41, 5.74) is 0. The van der Waals surface area contributed by atoms with Crippen LogP contribution in [0.25, 0.3) is 0 Å². The topological polar surface area (TPSA) is 46.2 Å². The molecule has 1 atom stereocenters. The molecule has 1 rings (SSSR count). The van der Waals surface area contributed by atoms with Gasteiger partial charge < -0.3 is 0 Å². The zero-order chi connectivity index (χ0) is 11.5. The minimum atomic E-state index is -3.41. The number of halogens is 1. The lowest BCUT2D eigenvalue weighted by molar-refractivity contribution is 0.571. The average Bonchev–Trinajstić information content (AvgIpc) is 2.17. The maximum atomic E-state index is 11.8. The summed E-state index contributed by atoms with van der Waals surface area (Å²) < 4.78 is 26.9. The smallest absolute Gasteiger partial charge is 0.208 e. The summed E-state index contributed by atoms with van der Waals surface area (Å²) in [6.45, 7) is 1.77. The van der Waals surface area contributed by atoms with Gasteiger partial charge in [0.05, 0.1) is 4.90 Å². The highest BCUT2D eigenvalue weighted by molar-refractivity contribution is 9.10. The van der Waals surface area contributed by atoms with Crippen LogP contribution in [0.4, 0.5) is 0 Å². The van der Waals surface area contributed by atoms with Crippen LogP contribution in [-0.4, -0.2) is 20.2 Å². The molecule has 0 spiro atoms. The summed E-state index contributed by atoms with van der Waals surface area (Å²) in [7, 11) is -3.41. The van der Waals surface area contributed by atoms with Crippen LogP contribution in [0.1, 0.15) is 6.92 Å². The van der Waals surface area contributed by atoms with E-state index in [9.17, 15) is 8.42 Å². The minimum absolute atomic E-state index is 0.179. The quantitative estimate of drug-likeness (QED) is 0.836. The summed E-state index contributed by atoms with van der Waals surface area (Å²) >= 11 is 7.27. The maximum absolute atomic E-state index is 11.8. The fourth-order valence-corrected chi connectivity index (χ4v) is 2.71. The standard InChI is InChI=1S/C9H12BrNO2S2/c1-7(6-14)11-15(12,13)9-4-2-8(10)3-5-9/h2-5,7,11,14H,6H2,1H3. The van der Waals surface area contributed by atoms with E-state index in [1.165, 1.54) is 0 Å². The Balaban J connectivity index is 2.91. The van der Waals surface area contributed by atoms with Crippen molar-refractivity contribution in [3.8, 4) is 0 Å². The predicted octanol–water partition coefficient (Wildman–Crippen LogP) is 2.05. The van der Waals surface area contributed by atoms with E-state index in [-0.39, 0.29) is 10.9 Å². The fourth-order valence-electron chi connectivity index (χ4n) is 0.984. The zero-order valence-corrected chi connectivity index (χ0v) is 11.4. The molecule has 84 valence electrons. The molecule has 0 radical (unpaired) electrons. The van der Waals surface area contributed by atoms with Crippen LogP contribution in [0.5, 0.6) is 0 Å². The highest BCUT2D eigenvalue weighted by Gasteiger charge is 2.15. The number of hydrogen-bond donors (Lipinski definition) is 2. The SMILES string of the molecule is CC(CS)NS(=O)(=O)c1ccc(Br)cc1. The number of nitrogens with one attached hydrogen (secondary N) is 1. The van der Waals surface area contributed by atoms with Crippen molar-refractivity contribution in [2.75, 3.05) is 5.75 Å². The van der Waals surface area contributed by atoms with Gasteiger partial charge in [-0.2, -0.15) is 12.6 Å². The predicted molar refractivity (Wildman–Crippen MR) is 67.8 cm³/mol. The van der Waals surface area contributed by atoms with Gasteiger partial charge in [-0.05, 0) is 31.2 Å². The number of hydrogen-bond acceptors (Lipinski definition) is 3. The van der Waals surface area contributed by atoms with Crippen molar-refractivity contribution in [1.82, 2.24) is 4.72 Å². The third kappa shape index (κ3) is 3.79. The van der Waals surface area contributed by atoms with Crippen molar-refractivity contribution in [3.05, 3.63) is 28.7 Å². The van der Waals surface area contributed by atoms with Gasteiger partial charge in [0.2, 0.25) is 10.0 Å². The molecule has 0 heterocycles. The van der Waals surface area contributed by atoms with E-state index in [1.807, 2.05) is 0 Å². The molecular formula is C9H12BrNO2S2. The van der Waals surface area contributed by atoms with Gasteiger partial charge in [-0.3, -0.25) is 0 Å². The molecule has 0 saturated heterocycles. The van der Waals surface area contributed by atoms with E-state index in [0.717, 1.165) is 4.47 Å². The van der Waals surface area contributed by atoms with Gasteiger partial charge >= 0.3 is 0 Å². The van der Waals surface area contributed by atoms with E-state index < -0.39 is 10.0 Å². The summed E-state index contributed by atoms with van der Waals surface area (Å²) in [6, 6.07) is 6.32. The molecule has 0 aliphatic carbocycles. The van der Waals surface area contributed by atoms with Gasteiger partial charge in [-0.25, -0.2) is 13.1 Å². The van der Waals surface area contributed by atoms with Crippen LogP contribution in [-0.2, 0) is 10.0 Å². The number of thiol groups is 1. The maximum Gasteiger partial charge on any atom is 0.240 e. The molecule has 15 heavy (non-hydrogen) atoms. The summed E-state index contributed by atoms with van der Waals surface area (Å²) in [5.74, 6) is 0.468. The molecule has 0 bridgehead atoms. The van der Waals surface area contributed by atoms with Gasteiger partial charge in [-0.1, -0.05) is 15.9 Å². The highest BCUT2D eigenvalue weighted by atomic mass is 79.9. The van der Waals surface area contributed by atoms with Crippen molar-refractivity contribution in [2.45, 2.75) is 17.9 Å². The first-order chi connectivity index (χ1) is 6.95. The van der Waals surface area contributed by atoms with Crippen LogP contribution >= 0.6 is 28.6 Å². The Labute approximate surface area is 104 Å². The van der Waals surface area contributed by atoms with Gasteiger partial charge in [0.25, 0.3) is 0 Å². The molecule has 0 aliphatic rings. The first kappa shape index (κ1) is 13.0. The Morgan fingerprint density at radius 2 is 1.93 bits per heavy atom. The van der Waals surface area contributed by atoms with Crippen molar-refractivity contribution >= 4 is 38.6 Å². The van der Waals surface area contributed by atoms with Gasteiger partial charge in [0.15, 0.2) is 0 Å². The second kappa shape index (κ2) is 5.34. The van der Waals surface area contributed by atoms with Crippen molar-refractivity contribution in [3.63, 3.8) is 0 Å². The average molecular weight is 310 g/mol. The Hall–Kier alpha value is -0.0400. The lowest BCUT2D eigenvalue weighted by atomic mass is 10.4. The van der Waals surface area contributed by atoms with E-state index >= 15 is 0 Å². The number of sulfonamides is 1. The molecule has 0 aliphatic heterocycles. The normalized spacial score (nSPS) is 13.8. The summed E-state index contributed by atoms with van der Waals surface area (Å²) in [4.78, 5) is 0.263. The second-order valence-corrected chi connectivity index (χ2v) is 6.15. The molecule has 0 fully saturated rings. The Kier molecular flexibility index (Phi) is 4.64. The molecule has 6 heteroatoms. The third-order valence-corrected chi connectivity index (χ3v) is 4.44. The molecule has 1 aromatic rings. The van der Waals surface area contributed by atoms with Gasteiger partial charge in [-0.15, -0.1) is 0 Å². The first-order valence-corrected chi connectivity index (χ1v) is 7.25. The highest BCUT2D eigenvalue weighted by Crippen LogP contribution is 2.14. The van der Waals surface area contributed by atoms with E-state index in [1.54, 1.807) is 31.2 Å². The van der Waals surface area contributed by atoms with Gasteiger partial charge in [0, 0.05) is 16.3 Å². The van der Waals surface area contributed by atoms with Crippen LogP contribution in [0.3, 0.4) is 0 Å². The first-order valence-electron chi connectivity index (χ1n) is 4.34. The Morgan fingerprint density at radius 3 is 2.40 bits per heavy atom. The molecule has 0 amide bonds. The van der Waals surface area contributed by atoms with Crippen molar-refractivity contribution in [2.24, 2.45) is 0 Å². The van der Waals surface area contributed by atoms with E-state index in [4.69, 9.17) is 0 Å². The second-order valence-electron chi connectivity index (χ2n) is 3.16.